The summed E-state index contributed by atoms with van der Waals surface area (Å²) in [5.41, 5.74) is 7.22. The predicted molar refractivity (Wildman–Crippen MR) is 74.4 cm³/mol. The van der Waals surface area contributed by atoms with E-state index in [9.17, 15) is 9.59 Å². The van der Waals surface area contributed by atoms with E-state index >= 15 is 0 Å². The number of carbonyl (C=O) groups is 2. The number of rotatable bonds is 5. The van der Waals surface area contributed by atoms with Gasteiger partial charge in [-0.1, -0.05) is 12.1 Å². The minimum atomic E-state index is -0.474. The van der Waals surface area contributed by atoms with Crippen LogP contribution in [0, 0.1) is 0 Å². The van der Waals surface area contributed by atoms with Crippen molar-refractivity contribution in [1.82, 2.24) is 15.3 Å². The molecule has 2 aromatic rings. The summed E-state index contributed by atoms with van der Waals surface area (Å²) in [6, 6.07) is 6.67. The quantitative estimate of drug-likeness (QED) is 0.702. The third-order valence-electron chi connectivity index (χ3n) is 2.63. The van der Waals surface area contributed by atoms with Crippen LogP contribution in [-0.4, -0.2) is 21.8 Å². The predicted octanol–water partition coefficient (Wildman–Crippen LogP) is 0.838. The van der Waals surface area contributed by atoms with Crippen LogP contribution in [0.2, 0.25) is 0 Å². The summed E-state index contributed by atoms with van der Waals surface area (Å²) in [5, 5.41) is 2.71. The number of nitrogens with two attached hydrogens (primary N) is 1. The first kappa shape index (κ1) is 13.5. The summed E-state index contributed by atoms with van der Waals surface area (Å²) < 4.78 is 0. The van der Waals surface area contributed by atoms with Crippen molar-refractivity contribution in [3.63, 3.8) is 0 Å². The Kier molecular flexibility index (Phi) is 4.28. The van der Waals surface area contributed by atoms with E-state index in [2.05, 4.69) is 15.3 Å². The number of H-pyrrole nitrogens is 1. The zero-order chi connectivity index (χ0) is 14.4. The smallest absolute Gasteiger partial charge is 0.248 e. The van der Waals surface area contributed by atoms with Crippen LogP contribution in [0.3, 0.4) is 0 Å². The molecule has 0 aliphatic carbocycles. The number of primary amides is 1. The van der Waals surface area contributed by atoms with Gasteiger partial charge in [-0.3, -0.25) is 9.59 Å². The van der Waals surface area contributed by atoms with E-state index in [0.29, 0.717) is 12.1 Å². The van der Waals surface area contributed by atoms with Gasteiger partial charge in [0.25, 0.3) is 0 Å². The Morgan fingerprint density at radius 3 is 2.65 bits per heavy atom. The SMILES string of the molecule is NC(=O)c1ccc(C=CC(=O)NCc2cnc[nH]2)cc1. The van der Waals surface area contributed by atoms with Crippen molar-refractivity contribution >= 4 is 17.9 Å². The van der Waals surface area contributed by atoms with Gasteiger partial charge in [0.15, 0.2) is 0 Å². The molecular weight excluding hydrogens is 256 g/mol. The number of hydrogen-bond acceptors (Lipinski definition) is 3. The van der Waals surface area contributed by atoms with Gasteiger partial charge < -0.3 is 16.0 Å². The lowest BCUT2D eigenvalue weighted by Gasteiger charge is -1.99. The molecule has 102 valence electrons. The molecule has 0 bridgehead atoms. The first-order valence-electron chi connectivity index (χ1n) is 5.98. The lowest BCUT2D eigenvalue weighted by Crippen LogP contribution is -2.20. The molecule has 2 amide bonds. The van der Waals surface area contributed by atoms with E-state index in [1.54, 1.807) is 42.9 Å². The van der Waals surface area contributed by atoms with Crippen molar-refractivity contribution in [1.29, 1.82) is 0 Å². The molecule has 1 aromatic carbocycles. The molecule has 6 heteroatoms. The molecule has 1 heterocycles. The molecule has 20 heavy (non-hydrogen) atoms. The highest BCUT2D eigenvalue weighted by molar-refractivity contribution is 5.94. The average molecular weight is 270 g/mol. The zero-order valence-electron chi connectivity index (χ0n) is 10.7. The summed E-state index contributed by atoms with van der Waals surface area (Å²) in [4.78, 5) is 29.2. The standard InChI is InChI=1S/C14H14N4O2/c15-14(20)11-4-1-10(2-5-11)3-6-13(19)17-8-12-7-16-9-18-12/h1-7,9H,8H2,(H2,15,20)(H,16,18)(H,17,19). The second kappa shape index (κ2) is 6.33. The van der Waals surface area contributed by atoms with Crippen LogP contribution in [0.1, 0.15) is 21.6 Å². The van der Waals surface area contributed by atoms with E-state index in [1.165, 1.54) is 6.08 Å². The molecule has 1 aromatic heterocycles. The van der Waals surface area contributed by atoms with Crippen molar-refractivity contribution in [3.05, 3.63) is 59.7 Å². The van der Waals surface area contributed by atoms with Crippen LogP contribution in [0.15, 0.2) is 42.9 Å². The average Bonchev–Trinajstić information content (AvgIpc) is 2.96. The molecule has 0 aliphatic heterocycles. The number of nitrogens with zero attached hydrogens (tertiary/aromatic N) is 1. The highest BCUT2D eigenvalue weighted by atomic mass is 16.1. The second-order valence-electron chi connectivity index (χ2n) is 4.11. The van der Waals surface area contributed by atoms with Gasteiger partial charge in [-0.05, 0) is 23.8 Å². The Bertz CT molecular complexity index is 615. The maximum Gasteiger partial charge on any atom is 0.248 e. The minimum Gasteiger partial charge on any atom is -0.366 e. The second-order valence-corrected chi connectivity index (χ2v) is 4.11. The number of aromatic nitrogens is 2. The number of benzene rings is 1. The molecule has 0 unspecified atom stereocenters. The van der Waals surface area contributed by atoms with Gasteiger partial charge in [0, 0.05) is 17.8 Å². The number of aromatic amines is 1. The highest BCUT2D eigenvalue weighted by Gasteiger charge is 1.99. The fraction of sp³-hybridized carbons (Fsp3) is 0.0714. The van der Waals surface area contributed by atoms with Crippen molar-refractivity contribution in [3.8, 4) is 0 Å². The lowest BCUT2D eigenvalue weighted by molar-refractivity contribution is -0.116. The zero-order valence-corrected chi connectivity index (χ0v) is 10.7. The molecule has 0 fully saturated rings. The first-order chi connectivity index (χ1) is 9.65. The summed E-state index contributed by atoms with van der Waals surface area (Å²) in [7, 11) is 0. The highest BCUT2D eigenvalue weighted by Crippen LogP contribution is 2.05. The van der Waals surface area contributed by atoms with Gasteiger partial charge in [-0.15, -0.1) is 0 Å². The molecule has 0 saturated carbocycles. The Labute approximate surface area is 115 Å². The Balaban J connectivity index is 1.88. The van der Waals surface area contributed by atoms with Crippen LogP contribution in [0.5, 0.6) is 0 Å². The van der Waals surface area contributed by atoms with Gasteiger partial charge in [-0.25, -0.2) is 4.98 Å². The first-order valence-corrected chi connectivity index (χ1v) is 5.98. The molecule has 4 N–H and O–H groups in total. The molecule has 0 aliphatic rings. The van der Waals surface area contributed by atoms with Crippen molar-refractivity contribution < 1.29 is 9.59 Å². The summed E-state index contributed by atoms with van der Waals surface area (Å²) in [6.07, 6.45) is 6.28. The van der Waals surface area contributed by atoms with Gasteiger partial charge in [0.05, 0.1) is 18.6 Å². The largest absolute Gasteiger partial charge is 0.366 e. The van der Waals surface area contributed by atoms with Crippen molar-refractivity contribution in [2.24, 2.45) is 5.73 Å². The van der Waals surface area contributed by atoms with Crippen LogP contribution in [0.4, 0.5) is 0 Å². The van der Waals surface area contributed by atoms with Crippen molar-refractivity contribution in [2.75, 3.05) is 0 Å². The van der Waals surface area contributed by atoms with E-state index in [-0.39, 0.29) is 5.91 Å². The summed E-state index contributed by atoms with van der Waals surface area (Å²) >= 11 is 0. The van der Waals surface area contributed by atoms with E-state index in [4.69, 9.17) is 5.73 Å². The molecule has 0 atom stereocenters. The Hall–Kier alpha value is -2.89. The molecule has 2 rings (SSSR count). The number of hydrogen-bond donors (Lipinski definition) is 3. The van der Waals surface area contributed by atoms with Gasteiger partial charge in [-0.2, -0.15) is 0 Å². The van der Waals surface area contributed by atoms with Crippen molar-refractivity contribution in [2.45, 2.75) is 6.54 Å². The van der Waals surface area contributed by atoms with E-state index in [1.807, 2.05) is 0 Å². The molecular formula is C14H14N4O2. The van der Waals surface area contributed by atoms with E-state index in [0.717, 1.165) is 11.3 Å². The van der Waals surface area contributed by atoms with Crippen LogP contribution in [0.25, 0.3) is 6.08 Å². The maximum atomic E-state index is 11.6. The third-order valence-corrected chi connectivity index (χ3v) is 2.63. The fourth-order valence-electron chi connectivity index (χ4n) is 1.55. The lowest BCUT2D eigenvalue weighted by atomic mass is 10.1. The summed E-state index contributed by atoms with van der Waals surface area (Å²) in [6.45, 7) is 0.393. The minimum absolute atomic E-state index is 0.210. The Morgan fingerprint density at radius 2 is 2.05 bits per heavy atom. The van der Waals surface area contributed by atoms with Crippen LogP contribution < -0.4 is 11.1 Å². The Morgan fingerprint density at radius 1 is 1.30 bits per heavy atom. The number of amides is 2. The number of imidazole rings is 1. The van der Waals surface area contributed by atoms with Gasteiger partial charge in [0.1, 0.15) is 0 Å². The molecule has 0 spiro atoms. The molecule has 6 nitrogen and oxygen atoms in total. The van der Waals surface area contributed by atoms with Crippen LogP contribution in [-0.2, 0) is 11.3 Å². The monoisotopic (exact) mass is 270 g/mol. The fourth-order valence-corrected chi connectivity index (χ4v) is 1.55. The number of nitrogens with one attached hydrogen (secondary N) is 2. The normalized spacial score (nSPS) is 10.6. The summed E-state index contributed by atoms with van der Waals surface area (Å²) in [5.74, 6) is -0.684. The maximum absolute atomic E-state index is 11.6. The number of carbonyl (C=O) groups excluding carboxylic acids is 2. The molecule has 0 radical (unpaired) electrons. The molecule has 0 saturated heterocycles. The van der Waals surface area contributed by atoms with E-state index < -0.39 is 5.91 Å². The topological polar surface area (TPSA) is 101 Å². The third kappa shape index (κ3) is 3.81. The van der Waals surface area contributed by atoms with Gasteiger partial charge >= 0.3 is 0 Å². The van der Waals surface area contributed by atoms with Crippen LogP contribution >= 0.6 is 0 Å². The van der Waals surface area contributed by atoms with Gasteiger partial charge in [0.2, 0.25) is 11.8 Å².